The molecule has 2 heterocycles. The molecule has 0 fully saturated rings. The van der Waals surface area contributed by atoms with Gasteiger partial charge in [-0.15, -0.1) is 0 Å². The second-order valence-electron chi connectivity index (χ2n) is 4.19. The van der Waals surface area contributed by atoms with Crippen LogP contribution >= 0.6 is 0 Å². The van der Waals surface area contributed by atoms with Gasteiger partial charge in [-0.3, -0.25) is 4.68 Å². The Hall–Kier alpha value is -2.23. The quantitative estimate of drug-likeness (QED) is 0.695. The Morgan fingerprint density at radius 2 is 2.06 bits per heavy atom. The predicted molar refractivity (Wildman–Crippen MR) is 67.6 cm³/mol. The van der Waals surface area contributed by atoms with Crippen molar-refractivity contribution in [1.82, 2.24) is 9.78 Å². The first-order valence-corrected chi connectivity index (χ1v) is 5.43. The molecule has 0 unspecified atom stereocenters. The number of hydrogen-bond donors (Lipinski definition) is 1. The lowest BCUT2D eigenvalue weighted by Crippen LogP contribution is -1.96. The van der Waals surface area contributed by atoms with Crippen LogP contribution in [0.15, 0.2) is 34.7 Å². The molecule has 0 bridgehead atoms. The smallest absolute Gasteiger partial charge is 0.134 e. The summed E-state index contributed by atoms with van der Waals surface area (Å²) in [6.07, 6.45) is 0. The van der Waals surface area contributed by atoms with Crippen molar-refractivity contribution in [3.63, 3.8) is 0 Å². The minimum Gasteiger partial charge on any atom is -0.461 e. The molecule has 2 N–H and O–H groups in total. The van der Waals surface area contributed by atoms with Crippen LogP contribution in [0, 0.1) is 6.92 Å². The lowest BCUT2D eigenvalue weighted by molar-refractivity contribution is 0.578. The summed E-state index contributed by atoms with van der Waals surface area (Å²) in [6, 6.07) is 9.91. The summed E-state index contributed by atoms with van der Waals surface area (Å²) in [6.45, 7) is 1.94. The Labute approximate surface area is 98.6 Å². The first-order chi connectivity index (χ1) is 8.13. The van der Waals surface area contributed by atoms with Crippen LogP contribution in [0.5, 0.6) is 0 Å². The lowest BCUT2D eigenvalue weighted by atomic mass is 10.1. The molecular formula is C13H13N3O. The van der Waals surface area contributed by atoms with Crippen molar-refractivity contribution in [3.8, 4) is 11.3 Å². The zero-order chi connectivity index (χ0) is 12.0. The first kappa shape index (κ1) is 9.96. The van der Waals surface area contributed by atoms with Crippen molar-refractivity contribution in [3.05, 3.63) is 36.1 Å². The van der Waals surface area contributed by atoms with Crippen LogP contribution in [0.1, 0.15) is 5.76 Å². The van der Waals surface area contributed by atoms with Gasteiger partial charge in [0.15, 0.2) is 0 Å². The number of anilines is 1. The minimum absolute atomic E-state index is 0.656. The molecule has 17 heavy (non-hydrogen) atoms. The standard InChI is InChI=1S/C13H13N3O/c1-8-5-10-6-9(3-4-12(10)17-8)11-7-13(14)16(2)15-11/h3-7H,14H2,1-2H3. The summed E-state index contributed by atoms with van der Waals surface area (Å²) >= 11 is 0. The predicted octanol–water partition coefficient (Wildman–Crippen LogP) is 2.72. The minimum atomic E-state index is 0.656. The molecule has 1 aromatic carbocycles. The van der Waals surface area contributed by atoms with Gasteiger partial charge in [0, 0.05) is 24.1 Å². The fourth-order valence-corrected chi connectivity index (χ4v) is 1.96. The molecule has 0 spiro atoms. The molecular weight excluding hydrogens is 214 g/mol. The fourth-order valence-electron chi connectivity index (χ4n) is 1.96. The van der Waals surface area contributed by atoms with Gasteiger partial charge >= 0.3 is 0 Å². The summed E-state index contributed by atoms with van der Waals surface area (Å²) in [7, 11) is 1.83. The van der Waals surface area contributed by atoms with Gasteiger partial charge in [0.25, 0.3) is 0 Å². The van der Waals surface area contributed by atoms with Gasteiger partial charge in [-0.1, -0.05) is 0 Å². The van der Waals surface area contributed by atoms with Crippen LogP contribution < -0.4 is 5.73 Å². The second kappa shape index (κ2) is 3.38. The van der Waals surface area contributed by atoms with Crippen LogP contribution in [0.3, 0.4) is 0 Å². The van der Waals surface area contributed by atoms with E-state index in [2.05, 4.69) is 11.2 Å². The molecule has 0 amide bonds. The highest BCUT2D eigenvalue weighted by Gasteiger charge is 2.07. The topological polar surface area (TPSA) is 57.0 Å². The molecule has 0 saturated heterocycles. The lowest BCUT2D eigenvalue weighted by Gasteiger charge is -1.95. The number of rotatable bonds is 1. The highest BCUT2D eigenvalue weighted by Crippen LogP contribution is 2.26. The molecule has 0 atom stereocenters. The largest absolute Gasteiger partial charge is 0.461 e. The number of nitrogens with two attached hydrogens (primary N) is 1. The molecule has 0 aliphatic heterocycles. The van der Waals surface area contributed by atoms with Crippen LogP contribution in [0.25, 0.3) is 22.2 Å². The molecule has 4 nitrogen and oxygen atoms in total. The van der Waals surface area contributed by atoms with Crippen LogP contribution in [0.4, 0.5) is 5.82 Å². The van der Waals surface area contributed by atoms with Crippen molar-refractivity contribution in [2.24, 2.45) is 7.05 Å². The summed E-state index contributed by atoms with van der Waals surface area (Å²) < 4.78 is 7.20. The van der Waals surface area contributed by atoms with Gasteiger partial charge in [0.05, 0.1) is 5.69 Å². The second-order valence-corrected chi connectivity index (χ2v) is 4.19. The number of furan rings is 1. The Kier molecular flexibility index (Phi) is 1.98. The van der Waals surface area contributed by atoms with Gasteiger partial charge in [0.2, 0.25) is 0 Å². The van der Waals surface area contributed by atoms with Crippen molar-refractivity contribution in [2.75, 3.05) is 5.73 Å². The molecule has 0 radical (unpaired) electrons. The highest BCUT2D eigenvalue weighted by atomic mass is 16.3. The first-order valence-electron chi connectivity index (χ1n) is 5.43. The van der Waals surface area contributed by atoms with Crippen LogP contribution in [-0.4, -0.2) is 9.78 Å². The number of benzene rings is 1. The van der Waals surface area contributed by atoms with Gasteiger partial charge in [-0.2, -0.15) is 5.10 Å². The molecule has 0 aliphatic carbocycles. The summed E-state index contributed by atoms with van der Waals surface area (Å²) in [5.41, 5.74) is 8.60. The molecule has 4 heteroatoms. The Morgan fingerprint density at radius 1 is 1.24 bits per heavy atom. The van der Waals surface area contributed by atoms with Crippen molar-refractivity contribution < 1.29 is 4.42 Å². The van der Waals surface area contributed by atoms with E-state index in [0.717, 1.165) is 28.0 Å². The van der Waals surface area contributed by atoms with Crippen LogP contribution in [0.2, 0.25) is 0 Å². The molecule has 2 aromatic heterocycles. The van der Waals surface area contributed by atoms with Gasteiger partial charge in [-0.05, 0) is 31.2 Å². The van der Waals surface area contributed by atoms with E-state index in [-0.39, 0.29) is 0 Å². The number of aryl methyl sites for hydroxylation is 2. The van der Waals surface area contributed by atoms with Crippen molar-refractivity contribution in [1.29, 1.82) is 0 Å². The van der Waals surface area contributed by atoms with Gasteiger partial charge in [-0.25, -0.2) is 0 Å². The number of nitrogens with zero attached hydrogens (tertiary/aromatic N) is 2. The fraction of sp³-hybridized carbons (Fsp3) is 0.154. The average molecular weight is 227 g/mol. The number of fused-ring (bicyclic) bond motifs is 1. The number of nitrogen functional groups attached to an aromatic ring is 1. The number of aromatic nitrogens is 2. The maximum atomic E-state index is 5.78. The maximum absolute atomic E-state index is 5.78. The molecule has 0 aliphatic rings. The van der Waals surface area contributed by atoms with E-state index in [1.165, 1.54) is 0 Å². The molecule has 3 rings (SSSR count). The SMILES string of the molecule is Cc1cc2cc(-c3cc(N)n(C)n3)ccc2o1. The van der Waals surface area contributed by atoms with E-state index in [0.29, 0.717) is 5.82 Å². The van der Waals surface area contributed by atoms with E-state index in [9.17, 15) is 0 Å². The highest BCUT2D eigenvalue weighted by molar-refractivity contribution is 5.83. The zero-order valence-electron chi connectivity index (χ0n) is 9.77. The maximum Gasteiger partial charge on any atom is 0.134 e. The average Bonchev–Trinajstić information content (AvgIpc) is 2.80. The summed E-state index contributed by atoms with van der Waals surface area (Å²) in [4.78, 5) is 0. The third kappa shape index (κ3) is 1.58. The zero-order valence-corrected chi connectivity index (χ0v) is 9.77. The Balaban J connectivity index is 2.16. The third-order valence-corrected chi connectivity index (χ3v) is 2.85. The summed E-state index contributed by atoms with van der Waals surface area (Å²) in [5.74, 6) is 1.57. The molecule has 0 saturated carbocycles. The van der Waals surface area contributed by atoms with E-state index in [1.54, 1.807) is 4.68 Å². The van der Waals surface area contributed by atoms with E-state index < -0.39 is 0 Å². The van der Waals surface area contributed by atoms with Crippen molar-refractivity contribution in [2.45, 2.75) is 6.92 Å². The van der Waals surface area contributed by atoms with Gasteiger partial charge in [0.1, 0.15) is 17.2 Å². The Morgan fingerprint density at radius 3 is 2.76 bits per heavy atom. The van der Waals surface area contributed by atoms with E-state index >= 15 is 0 Å². The Bertz CT molecular complexity index is 674. The van der Waals surface area contributed by atoms with E-state index in [1.807, 2.05) is 38.2 Å². The summed E-state index contributed by atoms with van der Waals surface area (Å²) in [5, 5.41) is 5.44. The van der Waals surface area contributed by atoms with E-state index in [4.69, 9.17) is 10.2 Å². The monoisotopic (exact) mass is 227 g/mol. The van der Waals surface area contributed by atoms with Crippen molar-refractivity contribution >= 4 is 16.8 Å². The third-order valence-electron chi connectivity index (χ3n) is 2.85. The number of hydrogen-bond acceptors (Lipinski definition) is 3. The van der Waals surface area contributed by atoms with Crippen LogP contribution in [-0.2, 0) is 7.05 Å². The molecule has 3 aromatic rings. The molecule has 86 valence electrons. The normalized spacial score (nSPS) is 11.2. The van der Waals surface area contributed by atoms with Gasteiger partial charge < -0.3 is 10.2 Å².